The van der Waals surface area contributed by atoms with Gasteiger partial charge in [-0.2, -0.15) is 0 Å². The molecule has 0 aliphatic heterocycles. The number of rotatable bonds is 4. The second kappa shape index (κ2) is 4.91. The molecule has 0 unspecified atom stereocenters. The fraction of sp³-hybridized carbons (Fsp3) is 0.545. The van der Waals surface area contributed by atoms with Gasteiger partial charge in [0.05, 0.1) is 0 Å². The summed E-state index contributed by atoms with van der Waals surface area (Å²) in [6.45, 7) is 2.19. The van der Waals surface area contributed by atoms with Gasteiger partial charge in [0.15, 0.2) is 5.78 Å². The fourth-order valence-corrected chi connectivity index (χ4v) is 1.31. The summed E-state index contributed by atoms with van der Waals surface area (Å²) in [5, 5.41) is 0. The van der Waals surface area contributed by atoms with Gasteiger partial charge in [-0.3, -0.25) is 4.79 Å². The van der Waals surface area contributed by atoms with Gasteiger partial charge in [0.2, 0.25) is 0 Å². The molecule has 1 aliphatic rings. The largest absolute Gasteiger partial charge is 0.295 e. The summed E-state index contributed by atoms with van der Waals surface area (Å²) >= 11 is 0. The Kier molecular flexibility index (Phi) is 3.78. The number of carbonyl (C=O) groups is 1. The molecule has 12 heavy (non-hydrogen) atoms. The van der Waals surface area contributed by atoms with Crippen LogP contribution in [-0.2, 0) is 4.79 Å². The molecule has 0 aromatic heterocycles. The van der Waals surface area contributed by atoms with Gasteiger partial charge in [0, 0.05) is 6.42 Å². The van der Waals surface area contributed by atoms with E-state index >= 15 is 0 Å². The molecule has 0 radical (unpaired) electrons. The summed E-state index contributed by atoms with van der Waals surface area (Å²) < 4.78 is 0. The van der Waals surface area contributed by atoms with Crippen molar-refractivity contribution < 1.29 is 4.79 Å². The second-order valence-electron chi connectivity index (χ2n) is 3.23. The van der Waals surface area contributed by atoms with Crippen molar-refractivity contribution in [2.45, 2.75) is 39.0 Å². The average Bonchev–Trinajstić information content (AvgIpc) is 2.45. The SMILES string of the molecule is CCCC/C=C\C1=CC(=O)CC1. The van der Waals surface area contributed by atoms with Crippen LogP contribution in [0.1, 0.15) is 39.0 Å². The molecule has 0 N–H and O–H groups in total. The molecule has 0 saturated heterocycles. The monoisotopic (exact) mass is 164 g/mol. The predicted octanol–water partition coefficient (Wildman–Crippen LogP) is 3.02. The van der Waals surface area contributed by atoms with Gasteiger partial charge in [0.1, 0.15) is 0 Å². The van der Waals surface area contributed by atoms with Crippen molar-refractivity contribution in [2.24, 2.45) is 0 Å². The lowest BCUT2D eigenvalue weighted by molar-refractivity contribution is -0.114. The molecule has 0 bridgehead atoms. The summed E-state index contributed by atoms with van der Waals surface area (Å²) in [5.41, 5.74) is 1.20. The lowest BCUT2D eigenvalue weighted by Crippen LogP contribution is -1.80. The molecule has 1 aliphatic carbocycles. The molecule has 0 fully saturated rings. The van der Waals surface area contributed by atoms with E-state index in [0.29, 0.717) is 6.42 Å². The molecule has 1 heteroatoms. The van der Waals surface area contributed by atoms with Crippen LogP contribution in [-0.4, -0.2) is 5.78 Å². The molecule has 66 valence electrons. The first-order valence-electron chi connectivity index (χ1n) is 4.73. The van der Waals surface area contributed by atoms with Gasteiger partial charge >= 0.3 is 0 Å². The zero-order chi connectivity index (χ0) is 8.81. The van der Waals surface area contributed by atoms with E-state index in [0.717, 1.165) is 12.8 Å². The highest BCUT2D eigenvalue weighted by Crippen LogP contribution is 2.16. The van der Waals surface area contributed by atoms with E-state index < -0.39 is 0 Å². The Hall–Kier alpha value is -0.850. The van der Waals surface area contributed by atoms with E-state index in [1.54, 1.807) is 6.08 Å². The standard InChI is InChI=1S/C11H16O/c1-2-3-4-5-6-10-7-8-11(12)9-10/h5-6,9H,2-4,7-8H2,1H3/b6-5-. The average molecular weight is 164 g/mol. The van der Waals surface area contributed by atoms with Crippen LogP contribution in [0, 0.1) is 0 Å². The molecular formula is C11H16O. The van der Waals surface area contributed by atoms with E-state index in [2.05, 4.69) is 19.1 Å². The highest BCUT2D eigenvalue weighted by molar-refractivity contribution is 5.93. The number of carbonyl (C=O) groups excluding carboxylic acids is 1. The van der Waals surface area contributed by atoms with Crippen LogP contribution in [0.25, 0.3) is 0 Å². The zero-order valence-electron chi connectivity index (χ0n) is 7.68. The Morgan fingerprint density at radius 2 is 2.33 bits per heavy atom. The zero-order valence-corrected chi connectivity index (χ0v) is 7.68. The molecule has 1 nitrogen and oxygen atoms in total. The van der Waals surface area contributed by atoms with Gasteiger partial charge in [-0.05, 0) is 24.5 Å². The number of unbranched alkanes of at least 4 members (excludes halogenated alkanes) is 2. The summed E-state index contributed by atoms with van der Waals surface area (Å²) in [6.07, 6.45) is 11.3. The van der Waals surface area contributed by atoms with E-state index in [1.807, 2.05) is 0 Å². The maximum absolute atomic E-state index is 10.8. The fourth-order valence-electron chi connectivity index (χ4n) is 1.31. The van der Waals surface area contributed by atoms with Crippen LogP contribution in [0.4, 0.5) is 0 Å². The number of allylic oxidation sites excluding steroid dienone is 4. The minimum Gasteiger partial charge on any atom is -0.295 e. The van der Waals surface area contributed by atoms with Crippen LogP contribution >= 0.6 is 0 Å². The third-order valence-electron chi connectivity index (χ3n) is 2.06. The molecule has 0 aromatic rings. The highest BCUT2D eigenvalue weighted by atomic mass is 16.1. The van der Waals surface area contributed by atoms with Crippen molar-refractivity contribution in [3.05, 3.63) is 23.8 Å². The molecular weight excluding hydrogens is 148 g/mol. The third kappa shape index (κ3) is 3.04. The van der Waals surface area contributed by atoms with Crippen LogP contribution in [0.5, 0.6) is 0 Å². The minimum absolute atomic E-state index is 0.283. The van der Waals surface area contributed by atoms with Gasteiger partial charge in [-0.15, -0.1) is 0 Å². The third-order valence-corrected chi connectivity index (χ3v) is 2.06. The van der Waals surface area contributed by atoms with Crippen molar-refractivity contribution in [2.75, 3.05) is 0 Å². The summed E-state index contributed by atoms with van der Waals surface area (Å²) in [5.74, 6) is 0.283. The molecule has 1 rings (SSSR count). The van der Waals surface area contributed by atoms with E-state index in [4.69, 9.17) is 0 Å². The van der Waals surface area contributed by atoms with Crippen molar-refractivity contribution in [1.29, 1.82) is 0 Å². The van der Waals surface area contributed by atoms with Crippen LogP contribution < -0.4 is 0 Å². The summed E-state index contributed by atoms with van der Waals surface area (Å²) in [4.78, 5) is 10.8. The molecule has 0 spiro atoms. The van der Waals surface area contributed by atoms with Gasteiger partial charge in [-0.25, -0.2) is 0 Å². The molecule has 0 aromatic carbocycles. The van der Waals surface area contributed by atoms with Crippen molar-refractivity contribution >= 4 is 5.78 Å². The van der Waals surface area contributed by atoms with Crippen molar-refractivity contribution in [3.63, 3.8) is 0 Å². The van der Waals surface area contributed by atoms with Gasteiger partial charge in [0.25, 0.3) is 0 Å². The number of ketones is 1. The quantitative estimate of drug-likeness (QED) is 0.584. The maximum atomic E-state index is 10.8. The Balaban J connectivity index is 2.26. The Labute approximate surface area is 74.2 Å². The van der Waals surface area contributed by atoms with E-state index in [1.165, 1.54) is 18.4 Å². The van der Waals surface area contributed by atoms with Crippen LogP contribution in [0.3, 0.4) is 0 Å². The summed E-state index contributed by atoms with van der Waals surface area (Å²) in [6, 6.07) is 0. The van der Waals surface area contributed by atoms with Gasteiger partial charge in [-0.1, -0.05) is 31.9 Å². The van der Waals surface area contributed by atoms with E-state index in [9.17, 15) is 4.79 Å². The Morgan fingerprint density at radius 1 is 1.50 bits per heavy atom. The van der Waals surface area contributed by atoms with Crippen LogP contribution in [0.2, 0.25) is 0 Å². The minimum atomic E-state index is 0.283. The van der Waals surface area contributed by atoms with Crippen molar-refractivity contribution in [1.82, 2.24) is 0 Å². The summed E-state index contributed by atoms with van der Waals surface area (Å²) in [7, 11) is 0. The second-order valence-corrected chi connectivity index (χ2v) is 3.23. The molecule has 0 atom stereocenters. The molecule has 0 heterocycles. The predicted molar refractivity (Wildman–Crippen MR) is 51.0 cm³/mol. The normalized spacial score (nSPS) is 17.4. The van der Waals surface area contributed by atoms with E-state index in [-0.39, 0.29) is 5.78 Å². The Morgan fingerprint density at radius 3 is 2.92 bits per heavy atom. The first kappa shape index (κ1) is 9.24. The lowest BCUT2D eigenvalue weighted by Gasteiger charge is -1.90. The smallest absolute Gasteiger partial charge is 0.156 e. The first-order valence-corrected chi connectivity index (χ1v) is 4.73. The topological polar surface area (TPSA) is 17.1 Å². The van der Waals surface area contributed by atoms with Gasteiger partial charge < -0.3 is 0 Å². The van der Waals surface area contributed by atoms with Crippen molar-refractivity contribution in [3.8, 4) is 0 Å². The Bertz CT molecular complexity index is 211. The molecule has 0 saturated carbocycles. The number of hydrogen-bond acceptors (Lipinski definition) is 1. The lowest BCUT2D eigenvalue weighted by atomic mass is 10.2. The van der Waals surface area contributed by atoms with Crippen LogP contribution in [0.15, 0.2) is 23.8 Å². The molecule has 0 amide bonds. The highest BCUT2D eigenvalue weighted by Gasteiger charge is 2.08. The first-order chi connectivity index (χ1) is 5.83. The number of hydrogen-bond donors (Lipinski definition) is 0. The maximum Gasteiger partial charge on any atom is 0.156 e.